The van der Waals surface area contributed by atoms with Crippen LogP contribution in [0.3, 0.4) is 0 Å². The van der Waals surface area contributed by atoms with Gasteiger partial charge in [-0.25, -0.2) is 4.98 Å². The fourth-order valence-corrected chi connectivity index (χ4v) is 1.75. The molecule has 3 nitrogen and oxygen atoms in total. The molecular formula is C11H10ClN3. The number of nitrogens with zero attached hydrogens (tertiary/aromatic N) is 2. The molecule has 1 aliphatic rings. The largest absolute Gasteiger partial charge is 0.313 e. The Morgan fingerprint density at radius 1 is 1.47 bits per heavy atom. The molecule has 0 bridgehead atoms. The minimum atomic E-state index is 0.287. The molecule has 0 amide bonds. The van der Waals surface area contributed by atoms with Crippen molar-refractivity contribution in [1.29, 1.82) is 5.26 Å². The van der Waals surface area contributed by atoms with E-state index in [1.807, 2.05) is 12.1 Å². The van der Waals surface area contributed by atoms with Crippen molar-refractivity contribution in [2.24, 2.45) is 0 Å². The highest BCUT2D eigenvalue weighted by molar-refractivity contribution is 6.30. The first-order chi connectivity index (χ1) is 7.31. The molecule has 0 aliphatic carbocycles. The number of halogens is 1. The zero-order chi connectivity index (χ0) is 10.7. The monoisotopic (exact) mass is 219 g/mol. The number of hydrogen-bond acceptors (Lipinski definition) is 3. The van der Waals surface area contributed by atoms with Gasteiger partial charge in [0, 0.05) is 6.54 Å². The van der Waals surface area contributed by atoms with Crippen molar-refractivity contribution in [3.05, 3.63) is 34.6 Å². The van der Waals surface area contributed by atoms with Gasteiger partial charge in [-0.05, 0) is 30.7 Å². The van der Waals surface area contributed by atoms with E-state index in [0.717, 1.165) is 25.2 Å². The van der Waals surface area contributed by atoms with E-state index in [1.165, 1.54) is 5.57 Å². The first-order valence-electron chi connectivity index (χ1n) is 4.78. The molecule has 1 N–H and O–H groups in total. The summed E-state index contributed by atoms with van der Waals surface area (Å²) in [6.07, 6.45) is 3.06. The Morgan fingerprint density at radius 3 is 2.93 bits per heavy atom. The van der Waals surface area contributed by atoms with Gasteiger partial charge in [0.1, 0.15) is 11.2 Å². The summed E-state index contributed by atoms with van der Waals surface area (Å²) in [5, 5.41) is 12.2. The summed E-state index contributed by atoms with van der Waals surface area (Å²) >= 11 is 5.87. The molecule has 0 saturated heterocycles. The molecule has 0 unspecified atom stereocenters. The fourth-order valence-electron chi connectivity index (χ4n) is 1.55. The van der Waals surface area contributed by atoms with Gasteiger partial charge in [0.15, 0.2) is 0 Å². The van der Waals surface area contributed by atoms with Crippen LogP contribution in [0.25, 0.3) is 5.57 Å². The van der Waals surface area contributed by atoms with Gasteiger partial charge in [-0.1, -0.05) is 17.7 Å². The van der Waals surface area contributed by atoms with Gasteiger partial charge < -0.3 is 5.32 Å². The summed E-state index contributed by atoms with van der Waals surface area (Å²) in [6.45, 7) is 1.83. The molecule has 0 atom stereocenters. The SMILES string of the molecule is N#Cc1ccc(C2=CCNCC2)nc1Cl. The maximum absolute atomic E-state index is 8.72. The second-order valence-electron chi connectivity index (χ2n) is 3.33. The summed E-state index contributed by atoms with van der Waals surface area (Å²) in [6, 6.07) is 5.56. The second-order valence-corrected chi connectivity index (χ2v) is 3.69. The molecule has 1 aliphatic heterocycles. The third kappa shape index (κ3) is 2.17. The third-order valence-electron chi connectivity index (χ3n) is 2.36. The van der Waals surface area contributed by atoms with Crippen molar-refractivity contribution in [3.8, 4) is 6.07 Å². The van der Waals surface area contributed by atoms with Crippen LogP contribution in [0.5, 0.6) is 0 Å². The number of hydrogen-bond donors (Lipinski definition) is 1. The molecule has 2 rings (SSSR count). The number of pyridine rings is 1. The van der Waals surface area contributed by atoms with E-state index in [-0.39, 0.29) is 5.15 Å². The topological polar surface area (TPSA) is 48.7 Å². The van der Waals surface area contributed by atoms with Crippen LogP contribution in [0, 0.1) is 11.3 Å². The highest BCUT2D eigenvalue weighted by Crippen LogP contribution is 2.21. The maximum atomic E-state index is 8.72. The van der Waals surface area contributed by atoms with Gasteiger partial charge in [0.2, 0.25) is 0 Å². The molecule has 0 spiro atoms. The first-order valence-corrected chi connectivity index (χ1v) is 5.16. The first kappa shape index (κ1) is 10.2. The number of aromatic nitrogens is 1. The van der Waals surface area contributed by atoms with E-state index in [9.17, 15) is 0 Å². The Kier molecular flexibility index (Phi) is 3.00. The van der Waals surface area contributed by atoms with Gasteiger partial charge in [0.05, 0.1) is 11.3 Å². The van der Waals surface area contributed by atoms with Crippen molar-refractivity contribution in [3.63, 3.8) is 0 Å². The Labute approximate surface area is 93.4 Å². The Hall–Kier alpha value is -1.37. The zero-order valence-corrected chi connectivity index (χ0v) is 8.88. The van der Waals surface area contributed by atoms with Crippen LogP contribution in [0.4, 0.5) is 0 Å². The molecule has 4 heteroatoms. The van der Waals surface area contributed by atoms with Crippen molar-refractivity contribution >= 4 is 17.2 Å². The van der Waals surface area contributed by atoms with Crippen molar-refractivity contribution in [2.75, 3.05) is 13.1 Å². The maximum Gasteiger partial charge on any atom is 0.147 e. The molecule has 76 valence electrons. The molecule has 1 aromatic heterocycles. The lowest BCUT2D eigenvalue weighted by Gasteiger charge is -2.13. The van der Waals surface area contributed by atoms with E-state index in [4.69, 9.17) is 16.9 Å². The third-order valence-corrected chi connectivity index (χ3v) is 2.65. The van der Waals surface area contributed by atoms with Crippen LogP contribution in [0.1, 0.15) is 17.7 Å². The van der Waals surface area contributed by atoms with Gasteiger partial charge in [-0.15, -0.1) is 0 Å². The van der Waals surface area contributed by atoms with Crippen molar-refractivity contribution in [1.82, 2.24) is 10.3 Å². The average Bonchev–Trinajstić information content (AvgIpc) is 2.30. The minimum Gasteiger partial charge on any atom is -0.313 e. The molecule has 0 saturated carbocycles. The molecule has 15 heavy (non-hydrogen) atoms. The molecule has 0 radical (unpaired) electrons. The molecule has 1 aromatic rings. The zero-order valence-electron chi connectivity index (χ0n) is 8.13. The summed E-state index contributed by atoms with van der Waals surface area (Å²) in [4.78, 5) is 4.21. The van der Waals surface area contributed by atoms with Crippen LogP contribution in [0.2, 0.25) is 5.15 Å². The number of nitriles is 1. The Balaban J connectivity index is 2.34. The molecular weight excluding hydrogens is 210 g/mol. The second kappa shape index (κ2) is 4.43. The molecule has 0 aromatic carbocycles. The van der Waals surface area contributed by atoms with Crippen LogP contribution in [-0.2, 0) is 0 Å². The highest BCUT2D eigenvalue weighted by atomic mass is 35.5. The van der Waals surface area contributed by atoms with Gasteiger partial charge >= 0.3 is 0 Å². The van der Waals surface area contributed by atoms with Crippen LogP contribution in [-0.4, -0.2) is 18.1 Å². The lowest BCUT2D eigenvalue weighted by molar-refractivity contribution is 0.737. The van der Waals surface area contributed by atoms with Crippen LogP contribution >= 0.6 is 11.6 Å². The normalized spacial score (nSPS) is 15.6. The fraction of sp³-hybridized carbons (Fsp3) is 0.273. The van der Waals surface area contributed by atoms with Crippen LogP contribution < -0.4 is 5.32 Å². The van der Waals surface area contributed by atoms with Gasteiger partial charge in [0.25, 0.3) is 0 Å². The lowest BCUT2D eigenvalue weighted by Crippen LogP contribution is -2.20. The summed E-state index contributed by atoms with van der Waals surface area (Å²) < 4.78 is 0. The average molecular weight is 220 g/mol. The lowest BCUT2D eigenvalue weighted by atomic mass is 10.1. The Morgan fingerprint density at radius 2 is 2.33 bits per heavy atom. The minimum absolute atomic E-state index is 0.287. The predicted molar refractivity (Wildman–Crippen MR) is 59.4 cm³/mol. The van der Waals surface area contributed by atoms with Gasteiger partial charge in [-0.3, -0.25) is 0 Å². The predicted octanol–water partition coefficient (Wildman–Crippen LogP) is 1.98. The van der Waals surface area contributed by atoms with Crippen LogP contribution in [0.15, 0.2) is 18.2 Å². The standard InChI is InChI=1S/C11H10ClN3/c12-11-9(7-13)1-2-10(15-11)8-3-5-14-6-4-8/h1-3,14H,4-6H2. The molecule has 2 heterocycles. The number of rotatable bonds is 1. The van der Waals surface area contributed by atoms with E-state index < -0.39 is 0 Å². The highest BCUT2D eigenvalue weighted by Gasteiger charge is 2.09. The Bertz CT molecular complexity index is 446. The van der Waals surface area contributed by atoms with E-state index >= 15 is 0 Å². The summed E-state index contributed by atoms with van der Waals surface area (Å²) in [7, 11) is 0. The quantitative estimate of drug-likeness (QED) is 0.735. The smallest absolute Gasteiger partial charge is 0.147 e. The van der Waals surface area contributed by atoms with E-state index in [1.54, 1.807) is 6.07 Å². The summed E-state index contributed by atoms with van der Waals surface area (Å²) in [5.74, 6) is 0. The van der Waals surface area contributed by atoms with E-state index in [0.29, 0.717) is 5.56 Å². The summed E-state index contributed by atoms with van der Waals surface area (Å²) in [5.41, 5.74) is 2.50. The van der Waals surface area contributed by atoms with Gasteiger partial charge in [-0.2, -0.15) is 5.26 Å². The molecule has 0 fully saturated rings. The van der Waals surface area contributed by atoms with Crippen molar-refractivity contribution < 1.29 is 0 Å². The van der Waals surface area contributed by atoms with Crippen molar-refractivity contribution in [2.45, 2.75) is 6.42 Å². The number of nitrogens with one attached hydrogen (secondary N) is 1. The van der Waals surface area contributed by atoms with E-state index in [2.05, 4.69) is 16.4 Å².